The lowest BCUT2D eigenvalue weighted by Crippen LogP contribution is -2.47. The summed E-state index contributed by atoms with van der Waals surface area (Å²) in [4.78, 5) is 13.4. The van der Waals surface area contributed by atoms with E-state index in [0.717, 1.165) is 26.0 Å². The average Bonchev–Trinajstić information content (AvgIpc) is 2.38. The first-order valence-corrected chi connectivity index (χ1v) is 7.63. The van der Waals surface area contributed by atoms with E-state index in [9.17, 15) is 4.79 Å². The maximum Gasteiger partial charge on any atom is 0.303 e. The molecular weight excluding hydrogens is 242 g/mol. The molecule has 2 aliphatic rings. The lowest BCUT2D eigenvalue weighted by atomic mass is 9.83. The van der Waals surface area contributed by atoms with Gasteiger partial charge in [0.05, 0.1) is 6.10 Å². The number of carboxylic acid groups (broad SMARTS) is 1. The molecule has 0 aliphatic carbocycles. The summed E-state index contributed by atoms with van der Waals surface area (Å²) >= 11 is 0. The van der Waals surface area contributed by atoms with Crippen molar-refractivity contribution in [1.82, 2.24) is 4.90 Å². The van der Waals surface area contributed by atoms with Gasteiger partial charge in [-0.15, -0.1) is 0 Å². The van der Waals surface area contributed by atoms with E-state index >= 15 is 0 Å². The highest BCUT2D eigenvalue weighted by molar-refractivity contribution is 5.67. The van der Waals surface area contributed by atoms with Crippen molar-refractivity contribution < 1.29 is 14.6 Å². The summed E-state index contributed by atoms with van der Waals surface area (Å²) in [7, 11) is 0. The van der Waals surface area contributed by atoms with Crippen molar-refractivity contribution in [2.75, 3.05) is 19.7 Å². The summed E-state index contributed by atoms with van der Waals surface area (Å²) in [6, 6.07) is 0.642. The van der Waals surface area contributed by atoms with E-state index < -0.39 is 5.97 Å². The molecule has 1 N–H and O–H groups in total. The monoisotopic (exact) mass is 269 g/mol. The van der Waals surface area contributed by atoms with E-state index in [4.69, 9.17) is 9.84 Å². The Morgan fingerprint density at radius 2 is 2.26 bits per heavy atom. The fraction of sp³-hybridized carbons (Fsp3) is 0.933. The van der Waals surface area contributed by atoms with Gasteiger partial charge in [0.25, 0.3) is 0 Å². The predicted octanol–water partition coefficient (Wildman–Crippen LogP) is 2.38. The van der Waals surface area contributed by atoms with Crippen LogP contribution in [0.5, 0.6) is 0 Å². The van der Waals surface area contributed by atoms with Crippen LogP contribution in [0.25, 0.3) is 0 Å². The Balaban J connectivity index is 1.87. The highest BCUT2D eigenvalue weighted by Gasteiger charge is 2.31. The molecule has 110 valence electrons. The summed E-state index contributed by atoms with van der Waals surface area (Å²) in [5, 5.41) is 8.93. The average molecular weight is 269 g/mol. The minimum atomic E-state index is -0.663. The lowest BCUT2D eigenvalue weighted by Gasteiger charge is -2.42. The van der Waals surface area contributed by atoms with Gasteiger partial charge in [0, 0.05) is 25.6 Å². The first-order valence-electron chi connectivity index (χ1n) is 7.63. The molecule has 0 amide bonds. The number of carbonyl (C=O) groups is 1. The van der Waals surface area contributed by atoms with E-state index in [1.165, 1.54) is 19.4 Å². The van der Waals surface area contributed by atoms with Gasteiger partial charge in [-0.2, -0.15) is 0 Å². The summed E-state index contributed by atoms with van der Waals surface area (Å²) < 4.78 is 5.62. The molecule has 0 spiro atoms. The number of nitrogens with zero attached hydrogens (tertiary/aromatic N) is 1. The SMILES string of the molecule is CC1CC(N2CCCC(C(C)CC(=O)O)C2)CCO1. The largest absolute Gasteiger partial charge is 0.481 e. The van der Waals surface area contributed by atoms with Gasteiger partial charge in [0.1, 0.15) is 0 Å². The number of hydrogen-bond acceptors (Lipinski definition) is 3. The number of hydrogen-bond donors (Lipinski definition) is 1. The maximum absolute atomic E-state index is 10.8. The zero-order valence-electron chi connectivity index (χ0n) is 12.2. The Kier molecular flexibility index (Phi) is 5.22. The van der Waals surface area contributed by atoms with Gasteiger partial charge >= 0.3 is 5.97 Å². The third-order valence-corrected chi connectivity index (χ3v) is 4.76. The normalized spacial score (nSPS) is 34.9. The first kappa shape index (κ1) is 14.8. The molecule has 2 fully saturated rings. The molecule has 0 saturated carbocycles. The highest BCUT2D eigenvalue weighted by atomic mass is 16.5. The summed E-state index contributed by atoms with van der Waals surface area (Å²) in [5.41, 5.74) is 0. The molecule has 2 aliphatic heterocycles. The molecule has 0 aromatic rings. The van der Waals surface area contributed by atoms with E-state index in [1.54, 1.807) is 0 Å². The van der Waals surface area contributed by atoms with Crippen LogP contribution >= 0.6 is 0 Å². The fourth-order valence-electron chi connectivity index (χ4n) is 3.58. The standard InChI is InChI=1S/C15H27NO3/c1-11(8-15(17)18)13-4-3-6-16(10-13)14-5-7-19-12(2)9-14/h11-14H,3-10H2,1-2H3,(H,17,18). The number of carboxylic acids is 1. The van der Waals surface area contributed by atoms with Crippen molar-refractivity contribution in [3.63, 3.8) is 0 Å². The number of aliphatic carboxylic acids is 1. The number of ether oxygens (including phenoxy) is 1. The molecule has 2 saturated heterocycles. The minimum Gasteiger partial charge on any atom is -0.481 e. The van der Waals surface area contributed by atoms with E-state index in [-0.39, 0.29) is 5.92 Å². The zero-order valence-corrected chi connectivity index (χ0v) is 12.2. The molecule has 4 heteroatoms. The maximum atomic E-state index is 10.8. The number of likely N-dealkylation sites (tertiary alicyclic amines) is 1. The molecule has 0 bridgehead atoms. The van der Waals surface area contributed by atoms with Crippen LogP contribution in [0.2, 0.25) is 0 Å². The van der Waals surface area contributed by atoms with Gasteiger partial charge in [-0.25, -0.2) is 0 Å². The fourth-order valence-corrected chi connectivity index (χ4v) is 3.58. The minimum absolute atomic E-state index is 0.289. The molecule has 4 nitrogen and oxygen atoms in total. The smallest absolute Gasteiger partial charge is 0.303 e. The van der Waals surface area contributed by atoms with Gasteiger partial charge < -0.3 is 9.84 Å². The quantitative estimate of drug-likeness (QED) is 0.851. The third kappa shape index (κ3) is 4.18. The topological polar surface area (TPSA) is 49.8 Å². The second kappa shape index (κ2) is 6.71. The molecule has 2 rings (SSSR count). The van der Waals surface area contributed by atoms with Crippen molar-refractivity contribution in [2.45, 2.75) is 58.1 Å². The molecular formula is C15H27NO3. The van der Waals surface area contributed by atoms with Gasteiger partial charge in [-0.1, -0.05) is 6.92 Å². The van der Waals surface area contributed by atoms with Crippen LogP contribution in [-0.4, -0.2) is 47.8 Å². The van der Waals surface area contributed by atoms with Crippen LogP contribution in [0.4, 0.5) is 0 Å². The molecule has 0 aromatic carbocycles. The van der Waals surface area contributed by atoms with E-state index in [1.807, 2.05) is 0 Å². The summed E-state index contributed by atoms with van der Waals surface area (Å²) in [6.07, 6.45) is 5.33. The van der Waals surface area contributed by atoms with Crippen molar-refractivity contribution >= 4 is 5.97 Å². The molecule has 2 heterocycles. The lowest BCUT2D eigenvalue weighted by molar-refractivity contribution is -0.138. The van der Waals surface area contributed by atoms with E-state index in [0.29, 0.717) is 24.5 Å². The second-order valence-corrected chi connectivity index (χ2v) is 6.33. The zero-order chi connectivity index (χ0) is 13.8. The van der Waals surface area contributed by atoms with Crippen LogP contribution < -0.4 is 0 Å². The Bertz CT molecular complexity index is 308. The van der Waals surface area contributed by atoms with Crippen LogP contribution in [0.15, 0.2) is 0 Å². The molecule has 19 heavy (non-hydrogen) atoms. The summed E-state index contributed by atoms with van der Waals surface area (Å²) in [5.74, 6) is 0.171. The van der Waals surface area contributed by atoms with Crippen molar-refractivity contribution in [3.8, 4) is 0 Å². The number of piperidine rings is 1. The molecule has 0 aromatic heterocycles. The third-order valence-electron chi connectivity index (χ3n) is 4.76. The van der Waals surface area contributed by atoms with Crippen LogP contribution in [0.1, 0.15) is 46.0 Å². The first-order chi connectivity index (χ1) is 9.06. The Labute approximate surface area is 116 Å². The predicted molar refractivity (Wildman–Crippen MR) is 74.1 cm³/mol. The van der Waals surface area contributed by atoms with Crippen LogP contribution in [-0.2, 0) is 9.53 Å². The van der Waals surface area contributed by atoms with Gasteiger partial charge in [-0.05, 0) is 51.0 Å². The Morgan fingerprint density at radius 1 is 1.47 bits per heavy atom. The highest BCUT2D eigenvalue weighted by Crippen LogP contribution is 2.30. The van der Waals surface area contributed by atoms with Gasteiger partial charge in [0.2, 0.25) is 0 Å². The van der Waals surface area contributed by atoms with Crippen molar-refractivity contribution in [2.24, 2.45) is 11.8 Å². The molecule has 4 atom stereocenters. The molecule has 4 unspecified atom stereocenters. The van der Waals surface area contributed by atoms with Gasteiger partial charge in [0.15, 0.2) is 0 Å². The van der Waals surface area contributed by atoms with Gasteiger partial charge in [-0.3, -0.25) is 9.69 Å². The molecule has 0 radical (unpaired) electrons. The summed E-state index contributed by atoms with van der Waals surface area (Å²) in [6.45, 7) is 7.37. The van der Waals surface area contributed by atoms with Crippen molar-refractivity contribution in [1.29, 1.82) is 0 Å². The van der Waals surface area contributed by atoms with Crippen LogP contribution in [0, 0.1) is 11.8 Å². The van der Waals surface area contributed by atoms with Crippen molar-refractivity contribution in [3.05, 3.63) is 0 Å². The van der Waals surface area contributed by atoms with E-state index in [2.05, 4.69) is 18.7 Å². The Morgan fingerprint density at radius 3 is 2.95 bits per heavy atom. The van der Waals surface area contributed by atoms with Crippen LogP contribution in [0.3, 0.4) is 0 Å². The number of rotatable bonds is 4. The second-order valence-electron chi connectivity index (χ2n) is 6.33. The Hall–Kier alpha value is -0.610.